The molecule has 0 aliphatic heterocycles. The van der Waals surface area contributed by atoms with Crippen molar-refractivity contribution in [3.63, 3.8) is 0 Å². The first-order valence-corrected chi connectivity index (χ1v) is 5.29. The van der Waals surface area contributed by atoms with Crippen LogP contribution in [0.5, 0.6) is 0 Å². The lowest BCUT2D eigenvalue weighted by atomic mass is 10.2. The average Bonchev–Trinajstić information content (AvgIpc) is 2.57. The zero-order valence-corrected chi connectivity index (χ0v) is 8.33. The van der Waals surface area contributed by atoms with E-state index in [1.807, 2.05) is 5.38 Å². The molecule has 0 aliphatic carbocycles. The Morgan fingerprint density at radius 1 is 1.67 bits per heavy atom. The van der Waals surface area contributed by atoms with Crippen LogP contribution in [-0.2, 0) is 11.2 Å². The summed E-state index contributed by atoms with van der Waals surface area (Å²) in [5.41, 5.74) is 1.28. The van der Waals surface area contributed by atoms with Gasteiger partial charge in [0.15, 0.2) is 0 Å². The summed E-state index contributed by atoms with van der Waals surface area (Å²) in [6, 6.07) is 2.07. The van der Waals surface area contributed by atoms with Crippen molar-refractivity contribution >= 4 is 29.9 Å². The molecule has 1 aromatic rings. The van der Waals surface area contributed by atoms with Crippen molar-refractivity contribution in [3.8, 4) is 0 Å². The molecule has 0 aromatic carbocycles. The number of thiol groups is 1. The summed E-state index contributed by atoms with van der Waals surface area (Å²) in [7, 11) is 0. The molecule has 4 heteroatoms. The molecular formula is C8H11NOS2. The number of rotatable bonds is 4. The van der Waals surface area contributed by atoms with Crippen LogP contribution in [0.1, 0.15) is 5.56 Å². The van der Waals surface area contributed by atoms with Gasteiger partial charge in [-0.05, 0) is 28.8 Å². The molecule has 0 fully saturated rings. The summed E-state index contributed by atoms with van der Waals surface area (Å²) >= 11 is 5.53. The number of carbonyl (C=O) groups excluding carboxylic acids is 1. The van der Waals surface area contributed by atoms with E-state index in [1.54, 1.807) is 11.3 Å². The van der Waals surface area contributed by atoms with Crippen LogP contribution >= 0.6 is 24.0 Å². The molecule has 2 nitrogen and oxygen atoms in total. The maximum atomic E-state index is 10.8. The van der Waals surface area contributed by atoms with Gasteiger partial charge in [0.1, 0.15) is 0 Å². The van der Waals surface area contributed by atoms with Gasteiger partial charge in [0.25, 0.3) is 0 Å². The van der Waals surface area contributed by atoms with E-state index in [4.69, 9.17) is 0 Å². The highest BCUT2D eigenvalue weighted by atomic mass is 32.1. The number of nitrogens with one attached hydrogen (secondary N) is 1. The van der Waals surface area contributed by atoms with E-state index in [0.29, 0.717) is 6.54 Å². The molecule has 0 saturated heterocycles. The molecule has 0 bridgehead atoms. The molecule has 1 N–H and O–H groups in total. The highest BCUT2D eigenvalue weighted by Crippen LogP contribution is 2.05. The molecule has 1 rings (SSSR count). The SMILES string of the molecule is O=C(CS)NCCc1ccsc1. The van der Waals surface area contributed by atoms with Crippen molar-refractivity contribution < 1.29 is 4.79 Å². The Kier molecular flexibility index (Phi) is 4.18. The van der Waals surface area contributed by atoms with E-state index in [0.717, 1.165) is 6.42 Å². The molecule has 0 radical (unpaired) electrons. The number of carbonyl (C=O) groups is 1. The highest BCUT2D eigenvalue weighted by Gasteiger charge is 1.96. The Balaban J connectivity index is 2.15. The Morgan fingerprint density at radius 3 is 3.08 bits per heavy atom. The van der Waals surface area contributed by atoms with Gasteiger partial charge in [-0.3, -0.25) is 4.79 Å². The maximum Gasteiger partial charge on any atom is 0.229 e. The molecular weight excluding hydrogens is 190 g/mol. The fourth-order valence-electron chi connectivity index (χ4n) is 0.837. The highest BCUT2D eigenvalue weighted by molar-refractivity contribution is 7.81. The van der Waals surface area contributed by atoms with Crippen LogP contribution < -0.4 is 5.32 Å². The predicted octanol–water partition coefficient (Wildman–Crippen LogP) is 1.34. The van der Waals surface area contributed by atoms with Gasteiger partial charge < -0.3 is 5.32 Å². The Bertz CT molecular complexity index is 233. The van der Waals surface area contributed by atoms with Gasteiger partial charge in [-0.2, -0.15) is 24.0 Å². The summed E-state index contributed by atoms with van der Waals surface area (Å²) in [5.74, 6) is 0.262. The summed E-state index contributed by atoms with van der Waals surface area (Å²) in [6.45, 7) is 0.704. The average molecular weight is 201 g/mol. The van der Waals surface area contributed by atoms with Crippen molar-refractivity contribution in [2.24, 2.45) is 0 Å². The minimum atomic E-state index is -0.00596. The molecule has 1 aromatic heterocycles. The van der Waals surface area contributed by atoms with E-state index in [9.17, 15) is 4.79 Å². The number of hydrogen-bond donors (Lipinski definition) is 2. The molecule has 12 heavy (non-hydrogen) atoms. The zero-order valence-electron chi connectivity index (χ0n) is 6.62. The first-order chi connectivity index (χ1) is 5.83. The summed E-state index contributed by atoms with van der Waals surface area (Å²) in [6.07, 6.45) is 0.906. The molecule has 0 unspecified atom stereocenters. The number of thiophene rings is 1. The minimum absolute atomic E-state index is 0.00596. The molecule has 66 valence electrons. The molecule has 0 atom stereocenters. The van der Waals surface area contributed by atoms with E-state index in [1.165, 1.54) is 5.56 Å². The fourth-order valence-corrected chi connectivity index (χ4v) is 1.65. The van der Waals surface area contributed by atoms with E-state index in [-0.39, 0.29) is 11.7 Å². The second kappa shape index (κ2) is 5.22. The van der Waals surface area contributed by atoms with Gasteiger partial charge in [-0.1, -0.05) is 0 Å². The number of amides is 1. The second-order valence-corrected chi connectivity index (χ2v) is 3.49. The fraction of sp³-hybridized carbons (Fsp3) is 0.375. The Morgan fingerprint density at radius 2 is 2.50 bits per heavy atom. The lowest BCUT2D eigenvalue weighted by Gasteiger charge is -2.00. The van der Waals surface area contributed by atoms with E-state index < -0.39 is 0 Å². The van der Waals surface area contributed by atoms with Crippen molar-refractivity contribution in [3.05, 3.63) is 22.4 Å². The van der Waals surface area contributed by atoms with Crippen molar-refractivity contribution in [1.82, 2.24) is 5.32 Å². The number of hydrogen-bond acceptors (Lipinski definition) is 3. The van der Waals surface area contributed by atoms with E-state index in [2.05, 4.69) is 29.4 Å². The second-order valence-electron chi connectivity index (χ2n) is 2.39. The third-order valence-electron chi connectivity index (χ3n) is 1.46. The van der Waals surface area contributed by atoms with Crippen LogP contribution in [0, 0.1) is 0 Å². The first kappa shape index (κ1) is 9.61. The third kappa shape index (κ3) is 3.28. The molecule has 0 saturated carbocycles. The summed E-state index contributed by atoms with van der Waals surface area (Å²) in [4.78, 5) is 10.8. The van der Waals surface area contributed by atoms with Crippen LogP contribution in [0.15, 0.2) is 16.8 Å². The molecule has 1 amide bonds. The predicted molar refractivity (Wildman–Crippen MR) is 54.9 cm³/mol. The third-order valence-corrected chi connectivity index (χ3v) is 2.48. The molecule has 1 heterocycles. The largest absolute Gasteiger partial charge is 0.355 e. The maximum absolute atomic E-state index is 10.8. The van der Waals surface area contributed by atoms with Crippen LogP contribution in [0.2, 0.25) is 0 Å². The van der Waals surface area contributed by atoms with Crippen LogP contribution in [0.4, 0.5) is 0 Å². The summed E-state index contributed by atoms with van der Waals surface area (Å²) < 4.78 is 0. The van der Waals surface area contributed by atoms with Gasteiger partial charge in [0, 0.05) is 6.54 Å². The Hall–Kier alpha value is -0.480. The smallest absolute Gasteiger partial charge is 0.229 e. The zero-order chi connectivity index (χ0) is 8.81. The normalized spacial score (nSPS) is 9.75. The van der Waals surface area contributed by atoms with Crippen LogP contribution in [0.25, 0.3) is 0 Å². The molecule has 0 aliphatic rings. The van der Waals surface area contributed by atoms with Crippen molar-refractivity contribution in [2.75, 3.05) is 12.3 Å². The lowest BCUT2D eigenvalue weighted by molar-refractivity contribution is -0.118. The van der Waals surface area contributed by atoms with Gasteiger partial charge in [-0.25, -0.2) is 0 Å². The lowest BCUT2D eigenvalue weighted by Crippen LogP contribution is -2.26. The standard InChI is InChI=1S/C8H11NOS2/c10-8(5-11)9-3-1-7-2-4-12-6-7/h2,4,6,11H,1,3,5H2,(H,9,10). The summed E-state index contributed by atoms with van der Waals surface area (Å²) in [5, 5.41) is 6.89. The molecule has 0 spiro atoms. The van der Waals surface area contributed by atoms with Crippen molar-refractivity contribution in [2.45, 2.75) is 6.42 Å². The van der Waals surface area contributed by atoms with Gasteiger partial charge in [-0.15, -0.1) is 0 Å². The van der Waals surface area contributed by atoms with Gasteiger partial charge in [0.2, 0.25) is 5.91 Å². The Labute approximate surface area is 81.4 Å². The first-order valence-electron chi connectivity index (χ1n) is 3.71. The van der Waals surface area contributed by atoms with Gasteiger partial charge in [0.05, 0.1) is 5.75 Å². The van der Waals surface area contributed by atoms with Gasteiger partial charge >= 0.3 is 0 Å². The van der Waals surface area contributed by atoms with Crippen molar-refractivity contribution in [1.29, 1.82) is 0 Å². The monoisotopic (exact) mass is 201 g/mol. The van der Waals surface area contributed by atoms with Crippen LogP contribution in [-0.4, -0.2) is 18.2 Å². The minimum Gasteiger partial charge on any atom is -0.355 e. The van der Waals surface area contributed by atoms with Crippen LogP contribution in [0.3, 0.4) is 0 Å². The topological polar surface area (TPSA) is 29.1 Å². The quantitative estimate of drug-likeness (QED) is 0.707. The van der Waals surface area contributed by atoms with E-state index >= 15 is 0 Å².